The van der Waals surface area contributed by atoms with E-state index in [4.69, 9.17) is 0 Å². The topological polar surface area (TPSA) is 53.4 Å². The Kier molecular flexibility index (Phi) is 4.16. The third-order valence-electron chi connectivity index (χ3n) is 2.69. The summed E-state index contributed by atoms with van der Waals surface area (Å²) in [5.74, 6) is -0.0259. The summed E-state index contributed by atoms with van der Waals surface area (Å²) in [5.41, 5.74) is 1.15. The summed E-state index contributed by atoms with van der Waals surface area (Å²) in [5, 5.41) is 9.50. The quantitative estimate of drug-likeness (QED) is 0.883. The van der Waals surface area contributed by atoms with Crippen LogP contribution in [0, 0.1) is 0 Å². The van der Waals surface area contributed by atoms with Crippen molar-refractivity contribution in [2.24, 2.45) is 0 Å². The number of halogens is 1. The standard InChI is InChI=1S/C14H13BrN2O2/c1-2-17(10-5-3-6-11(18)9-10)14(19)12-7-4-8-16-13(12)15/h3-9,18H,2H2,1H3. The summed E-state index contributed by atoms with van der Waals surface area (Å²) in [6, 6.07) is 10.1. The molecule has 0 atom stereocenters. The zero-order valence-electron chi connectivity index (χ0n) is 10.4. The minimum absolute atomic E-state index is 0.133. The molecule has 0 radical (unpaired) electrons. The Bertz CT molecular complexity index is 602. The second-order valence-electron chi connectivity index (χ2n) is 3.91. The van der Waals surface area contributed by atoms with Gasteiger partial charge in [-0.2, -0.15) is 0 Å². The summed E-state index contributed by atoms with van der Waals surface area (Å²) in [4.78, 5) is 18.1. The lowest BCUT2D eigenvalue weighted by Gasteiger charge is -2.21. The number of phenolic OH excluding ortho intramolecular Hbond substituents is 1. The van der Waals surface area contributed by atoms with Crippen molar-refractivity contribution in [3.8, 4) is 5.75 Å². The van der Waals surface area contributed by atoms with Gasteiger partial charge in [-0.1, -0.05) is 6.07 Å². The first-order chi connectivity index (χ1) is 9.13. The molecule has 0 fully saturated rings. The minimum atomic E-state index is -0.159. The first kappa shape index (κ1) is 13.5. The fourth-order valence-electron chi connectivity index (χ4n) is 1.80. The van der Waals surface area contributed by atoms with E-state index in [1.165, 1.54) is 0 Å². The van der Waals surface area contributed by atoms with E-state index in [1.807, 2.05) is 6.92 Å². The number of amides is 1. The van der Waals surface area contributed by atoms with Crippen molar-refractivity contribution in [1.82, 2.24) is 4.98 Å². The van der Waals surface area contributed by atoms with Crippen molar-refractivity contribution in [2.75, 3.05) is 11.4 Å². The van der Waals surface area contributed by atoms with Crippen molar-refractivity contribution in [1.29, 1.82) is 0 Å². The normalized spacial score (nSPS) is 10.2. The molecular formula is C14H13BrN2O2. The molecule has 0 aliphatic rings. The highest BCUT2D eigenvalue weighted by Gasteiger charge is 2.19. The lowest BCUT2D eigenvalue weighted by Crippen LogP contribution is -2.30. The second-order valence-corrected chi connectivity index (χ2v) is 4.66. The predicted octanol–water partition coefficient (Wildman–Crippen LogP) is 3.22. The average molecular weight is 321 g/mol. The number of hydrogen-bond acceptors (Lipinski definition) is 3. The second kappa shape index (κ2) is 5.84. The van der Waals surface area contributed by atoms with Gasteiger partial charge in [-0.3, -0.25) is 4.79 Å². The number of rotatable bonds is 3. The molecule has 0 aliphatic heterocycles. The largest absolute Gasteiger partial charge is 0.508 e. The molecule has 0 saturated heterocycles. The molecule has 0 bridgehead atoms. The van der Waals surface area contributed by atoms with Gasteiger partial charge in [-0.15, -0.1) is 0 Å². The molecule has 0 saturated carbocycles. The van der Waals surface area contributed by atoms with E-state index in [0.29, 0.717) is 22.4 Å². The number of aromatic nitrogens is 1. The number of benzene rings is 1. The lowest BCUT2D eigenvalue weighted by molar-refractivity contribution is 0.0987. The number of carbonyl (C=O) groups is 1. The Balaban J connectivity index is 2.38. The highest BCUT2D eigenvalue weighted by atomic mass is 79.9. The summed E-state index contributed by atoms with van der Waals surface area (Å²) in [7, 11) is 0. The van der Waals surface area contributed by atoms with Crippen LogP contribution in [0.2, 0.25) is 0 Å². The van der Waals surface area contributed by atoms with Crippen LogP contribution in [-0.4, -0.2) is 22.5 Å². The molecule has 1 amide bonds. The van der Waals surface area contributed by atoms with Crippen LogP contribution in [0.4, 0.5) is 5.69 Å². The molecule has 0 aliphatic carbocycles. The fourth-order valence-corrected chi connectivity index (χ4v) is 2.22. The Labute approximate surface area is 119 Å². The summed E-state index contributed by atoms with van der Waals surface area (Å²) in [6.45, 7) is 2.38. The van der Waals surface area contributed by atoms with Crippen LogP contribution in [0.25, 0.3) is 0 Å². The maximum absolute atomic E-state index is 12.5. The average Bonchev–Trinajstić information content (AvgIpc) is 2.40. The first-order valence-electron chi connectivity index (χ1n) is 5.85. The number of nitrogens with zero attached hydrogens (tertiary/aromatic N) is 2. The van der Waals surface area contributed by atoms with Crippen molar-refractivity contribution in [3.63, 3.8) is 0 Å². The fraction of sp³-hybridized carbons (Fsp3) is 0.143. The maximum atomic E-state index is 12.5. The number of carbonyl (C=O) groups excluding carboxylic acids is 1. The molecule has 1 N–H and O–H groups in total. The van der Waals surface area contributed by atoms with E-state index >= 15 is 0 Å². The Morgan fingerprint density at radius 3 is 2.79 bits per heavy atom. The van der Waals surface area contributed by atoms with E-state index in [0.717, 1.165) is 0 Å². The summed E-state index contributed by atoms with van der Waals surface area (Å²) < 4.78 is 0.513. The van der Waals surface area contributed by atoms with Gasteiger partial charge in [0.2, 0.25) is 0 Å². The van der Waals surface area contributed by atoms with Crippen LogP contribution in [0.15, 0.2) is 47.2 Å². The van der Waals surface area contributed by atoms with Gasteiger partial charge in [0.05, 0.1) is 5.56 Å². The Morgan fingerprint density at radius 1 is 1.37 bits per heavy atom. The molecular weight excluding hydrogens is 308 g/mol. The van der Waals surface area contributed by atoms with Gasteiger partial charge in [-0.25, -0.2) is 4.98 Å². The smallest absolute Gasteiger partial charge is 0.261 e. The Morgan fingerprint density at radius 2 is 2.16 bits per heavy atom. The lowest BCUT2D eigenvalue weighted by atomic mass is 10.2. The van der Waals surface area contributed by atoms with Crippen molar-refractivity contribution >= 4 is 27.5 Å². The first-order valence-corrected chi connectivity index (χ1v) is 6.64. The number of anilines is 1. The summed E-state index contributed by atoms with van der Waals surface area (Å²) >= 11 is 3.27. The molecule has 98 valence electrons. The number of phenols is 1. The van der Waals surface area contributed by atoms with Crippen LogP contribution in [0.3, 0.4) is 0 Å². The molecule has 0 spiro atoms. The molecule has 1 aromatic carbocycles. The number of aromatic hydroxyl groups is 1. The Hall–Kier alpha value is -1.88. The molecule has 2 aromatic rings. The monoisotopic (exact) mass is 320 g/mol. The molecule has 5 heteroatoms. The van der Waals surface area contributed by atoms with Gasteiger partial charge in [0, 0.05) is 24.5 Å². The van der Waals surface area contributed by atoms with E-state index in [-0.39, 0.29) is 11.7 Å². The maximum Gasteiger partial charge on any atom is 0.261 e. The van der Waals surface area contributed by atoms with Gasteiger partial charge in [0.25, 0.3) is 5.91 Å². The van der Waals surface area contributed by atoms with Crippen LogP contribution >= 0.6 is 15.9 Å². The number of hydrogen-bond donors (Lipinski definition) is 1. The van der Waals surface area contributed by atoms with Crippen molar-refractivity contribution < 1.29 is 9.90 Å². The van der Waals surface area contributed by atoms with Crippen LogP contribution in [0.1, 0.15) is 17.3 Å². The van der Waals surface area contributed by atoms with Gasteiger partial charge in [-0.05, 0) is 47.1 Å². The molecule has 4 nitrogen and oxygen atoms in total. The molecule has 19 heavy (non-hydrogen) atoms. The molecule has 1 aromatic heterocycles. The number of pyridine rings is 1. The zero-order valence-corrected chi connectivity index (χ0v) is 12.0. The third-order valence-corrected chi connectivity index (χ3v) is 3.32. The molecule has 0 unspecified atom stereocenters. The highest BCUT2D eigenvalue weighted by molar-refractivity contribution is 9.10. The SMILES string of the molecule is CCN(C(=O)c1cccnc1Br)c1cccc(O)c1. The van der Waals surface area contributed by atoms with E-state index in [1.54, 1.807) is 47.5 Å². The van der Waals surface area contributed by atoms with E-state index in [9.17, 15) is 9.90 Å². The third kappa shape index (κ3) is 2.93. The summed E-state index contributed by atoms with van der Waals surface area (Å²) in [6.07, 6.45) is 1.62. The van der Waals surface area contributed by atoms with Crippen LogP contribution in [-0.2, 0) is 0 Å². The van der Waals surface area contributed by atoms with Crippen LogP contribution < -0.4 is 4.90 Å². The zero-order chi connectivity index (χ0) is 13.8. The van der Waals surface area contributed by atoms with Gasteiger partial charge in [0.15, 0.2) is 0 Å². The van der Waals surface area contributed by atoms with Crippen molar-refractivity contribution in [3.05, 3.63) is 52.8 Å². The molecule has 1 heterocycles. The highest BCUT2D eigenvalue weighted by Crippen LogP contribution is 2.23. The van der Waals surface area contributed by atoms with E-state index in [2.05, 4.69) is 20.9 Å². The van der Waals surface area contributed by atoms with Crippen molar-refractivity contribution in [2.45, 2.75) is 6.92 Å². The molecule has 2 rings (SSSR count). The van der Waals surface area contributed by atoms with E-state index < -0.39 is 0 Å². The predicted molar refractivity (Wildman–Crippen MR) is 77.4 cm³/mol. The van der Waals surface area contributed by atoms with Crippen LogP contribution in [0.5, 0.6) is 5.75 Å². The van der Waals surface area contributed by atoms with Gasteiger partial charge >= 0.3 is 0 Å². The van der Waals surface area contributed by atoms with Gasteiger partial charge in [0.1, 0.15) is 10.4 Å². The van der Waals surface area contributed by atoms with Gasteiger partial charge < -0.3 is 10.0 Å². The minimum Gasteiger partial charge on any atom is -0.508 e.